The topological polar surface area (TPSA) is 134 Å². The first-order valence-corrected chi connectivity index (χ1v) is 12.7. The molecule has 0 unspecified atom stereocenters. The maximum Gasteiger partial charge on any atom is 0.315 e. The number of carbonyl (C=O) groups excluding carboxylic acids is 2. The number of ether oxygens (including phenoxy) is 2. The van der Waals surface area contributed by atoms with Crippen LogP contribution in [0.2, 0.25) is 0 Å². The summed E-state index contributed by atoms with van der Waals surface area (Å²) in [7, 11) is -3.04. The van der Waals surface area contributed by atoms with Crippen LogP contribution in [0.3, 0.4) is 0 Å². The average Bonchev–Trinajstić information content (AvgIpc) is 3.29. The number of aliphatic hydroxyl groups excluding tert-OH is 1. The number of nitrogens with one attached hydrogen (secondary N) is 2. The molecule has 176 valence electrons. The van der Waals surface area contributed by atoms with Crippen LogP contribution in [0.5, 0.6) is 0 Å². The largest absolute Gasteiger partial charge is 0.388 e. The van der Waals surface area contributed by atoms with Gasteiger partial charge in [0, 0.05) is 32.6 Å². The molecule has 3 heterocycles. The fraction of sp³-hybridized carbons (Fsp3) is 0.619. The first kappa shape index (κ1) is 23.0. The van der Waals surface area contributed by atoms with Gasteiger partial charge in [0.15, 0.2) is 9.84 Å². The molecule has 5 atom stereocenters. The van der Waals surface area contributed by atoms with Crippen LogP contribution in [0.25, 0.3) is 0 Å². The van der Waals surface area contributed by atoms with Crippen molar-refractivity contribution in [3.8, 4) is 0 Å². The van der Waals surface area contributed by atoms with Crippen LogP contribution in [-0.2, 0) is 30.7 Å². The molecule has 3 amide bonds. The molecular weight excluding hydrogens is 438 g/mol. The zero-order chi connectivity index (χ0) is 22.7. The Morgan fingerprint density at radius 1 is 1.09 bits per heavy atom. The number of urea groups is 1. The Kier molecular flexibility index (Phi) is 6.99. The third-order valence-electron chi connectivity index (χ3n) is 6.14. The fourth-order valence-electron chi connectivity index (χ4n) is 4.33. The zero-order valence-corrected chi connectivity index (χ0v) is 18.5. The van der Waals surface area contributed by atoms with Crippen molar-refractivity contribution in [2.24, 2.45) is 0 Å². The van der Waals surface area contributed by atoms with E-state index in [0.717, 1.165) is 5.56 Å². The summed E-state index contributed by atoms with van der Waals surface area (Å²) in [5.41, 5.74) is 0.981. The Hall–Kier alpha value is -2.21. The monoisotopic (exact) mass is 467 g/mol. The van der Waals surface area contributed by atoms with Crippen LogP contribution in [-0.4, -0.2) is 92.0 Å². The van der Waals surface area contributed by atoms with Crippen molar-refractivity contribution in [3.63, 3.8) is 0 Å². The van der Waals surface area contributed by atoms with Gasteiger partial charge >= 0.3 is 6.03 Å². The standard InChI is InChI=1S/C21H29N3O7S/c25-18(24-6-8-32(28,29)9-7-24)11-15-10-16-20(30-15)19(26)17(31-16)13-23-21(27)22-12-14-4-2-1-3-5-14/h1-5,15-17,19-20,26H,6-13H2,(H2,22,23,27)/t15-,16+,17+,19+,20-/m0/s1. The maximum atomic E-state index is 12.5. The van der Waals surface area contributed by atoms with Gasteiger partial charge < -0.3 is 30.1 Å². The minimum absolute atomic E-state index is 0.00898. The molecule has 11 heteroatoms. The van der Waals surface area contributed by atoms with E-state index in [1.165, 1.54) is 0 Å². The smallest absolute Gasteiger partial charge is 0.315 e. The van der Waals surface area contributed by atoms with Gasteiger partial charge in [-0.3, -0.25) is 4.79 Å². The minimum atomic E-state index is -3.04. The van der Waals surface area contributed by atoms with Crippen LogP contribution in [0.15, 0.2) is 30.3 Å². The van der Waals surface area contributed by atoms with E-state index in [2.05, 4.69) is 10.6 Å². The molecule has 32 heavy (non-hydrogen) atoms. The van der Waals surface area contributed by atoms with Crippen LogP contribution in [0, 0.1) is 0 Å². The van der Waals surface area contributed by atoms with E-state index in [1.807, 2.05) is 30.3 Å². The van der Waals surface area contributed by atoms with Gasteiger partial charge in [-0.05, 0) is 5.56 Å². The quantitative estimate of drug-likeness (QED) is 0.510. The predicted molar refractivity (Wildman–Crippen MR) is 114 cm³/mol. The van der Waals surface area contributed by atoms with Crippen molar-refractivity contribution in [2.45, 2.75) is 49.9 Å². The summed E-state index contributed by atoms with van der Waals surface area (Å²) in [5, 5.41) is 16.0. The van der Waals surface area contributed by atoms with E-state index in [9.17, 15) is 23.1 Å². The Morgan fingerprint density at radius 2 is 1.81 bits per heavy atom. The molecule has 0 aliphatic carbocycles. The number of sulfone groups is 1. The molecule has 3 saturated heterocycles. The van der Waals surface area contributed by atoms with Crippen molar-refractivity contribution < 1.29 is 32.6 Å². The Bertz CT molecular complexity index is 913. The summed E-state index contributed by atoms with van der Waals surface area (Å²) in [4.78, 5) is 26.0. The molecule has 0 spiro atoms. The van der Waals surface area contributed by atoms with E-state index in [-0.39, 0.29) is 61.7 Å². The molecular formula is C21H29N3O7S. The SMILES string of the molecule is O=C(NCc1ccccc1)NC[C@H]1O[C@@H]2C[C@@H](CC(=O)N3CCS(=O)(=O)CC3)O[C@@H]2[C@@H]1O. The number of hydrogen-bond acceptors (Lipinski definition) is 7. The van der Waals surface area contributed by atoms with Crippen LogP contribution in [0.4, 0.5) is 4.79 Å². The lowest BCUT2D eigenvalue weighted by Gasteiger charge is -2.28. The second-order valence-electron chi connectivity index (χ2n) is 8.45. The van der Waals surface area contributed by atoms with Crippen LogP contribution in [0.1, 0.15) is 18.4 Å². The fourth-order valence-corrected chi connectivity index (χ4v) is 5.53. The summed E-state index contributed by atoms with van der Waals surface area (Å²) in [5.74, 6) is -0.164. The highest BCUT2D eigenvalue weighted by molar-refractivity contribution is 7.91. The second-order valence-corrected chi connectivity index (χ2v) is 10.8. The molecule has 0 bridgehead atoms. The average molecular weight is 468 g/mol. The molecule has 3 fully saturated rings. The van der Waals surface area contributed by atoms with Crippen molar-refractivity contribution in [1.29, 1.82) is 0 Å². The molecule has 0 aromatic heterocycles. The molecule has 3 aliphatic rings. The van der Waals surface area contributed by atoms with Crippen LogP contribution < -0.4 is 10.6 Å². The summed E-state index contributed by atoms with van der Waals surface area (Å²) in [6, 6.07) is 9.17. The highest BCUT2D eigenvalue weighted by Crippen LogP contribution is 2.35. The Labute approximate surface area is 187 Å². The molecule has 0 radical (unpaired) electrons. The molecule has 3 aliphatic heterocycles. The highest BCUT2D eigenvalue weighted by atomic mass is 32.2. The highest BCUT2D eigenvalue weighted by Gasteiger charge is 2.50. The lowest BCUT2D eigenvalue weighted by molar-refractivity contribution is -0.134. The molecule has 3 N–H and O–H groups in total. The van der Waals surface area contributed by atoms with Gasteiger partial charge in [-0.25, -0.2) is 13.2 Å². The number of carbonyl (C=O) groups is 2. The van der Waals surface area contributed by atoms with E-state index < -0.39 is 28.1 Å². The van der Waals surface area contributed by atoms with Gasteiger partial charge in [0.2, 0.25) is 5.91 Å². The third-order valence-corrected chi connectivity index (χ3v) is 7.75. The van der Waals surface area contributed by atoms with Gasteiger partial charge in [0.1, 0.15) is 18.3 Å². The second kappa shape index (κ2) is 9.74. The number of amides is 3. The van der Waals surface area contributed by atoms with Crippen molar-refractivity contribution in [2.75, 3.05) is 31.1 Å². The molecule has 1 aromatic carbocycles. The van der Waals surface area contributed by atoms with E-state index in [1.54, 1.807) is 4.90 Å². The third kappa shape index (κ3) is 5.58. The van der Waals surface area contributed by atoms with Crippen molar-refractivity contribution >= 4 is 21.8 Å². The summed E-state index contributed by atoms with van der Waals surface area (Å²) in [6.07, 6.45) is -2.16. The number of hydrogen-bond donors (Lipinski definition) is 3. The first-order chi connectivity index (χ1) is 15.3. The van der Waals surface area contributed by atoms with Crippen molar-refractivity contribution in [1.82, 2.24) is 15.5 Å². The van der Waals surface area contributed by atoms with E-state index in [4.69, 9.17) is 9.47 Å². The van der Waals surface area contributed by atoms with Gasteiger partial charge in [-0.2, -0.15) is 0 Å². The van der Waals surface area contributed by atoms with E-state index in [0.29, 0.717) is 13.0 Å². The summed E-state index contributed by atoms with van der Waals surface area (Å²) >= 11 is 0. The maximum absolute atomic E-state index is 12.5. The first-order valence-electron chi connectivity index (χ1n) is 10.8. The number of fused-ring (bicyclic) bond motifs is 1. The number of aliphatic hydroxyl groups is 1. The van der Waals surface area contributed by atoms with Gasteiger partial charge in [-0.15, -0.1) is 0 Å². The normalized spacial score (nSPS) is 31.2. The van der Waals surface area contributed by atoms with Crippen LogP contribution >= 0.6 is 0 Å². The minimum Gasteiger partial charge on any atom is -0.388 e. The molecule has 4 rings (SSSR count). The van der Waals surface area contributed by atoms with Gasteiger partial charge in [0.25, 0.3) is 0 Å². The molecule has 1 aromatic rings. The lowest BCUT2D eigenvalue weighted by atomic mass is 10.1. The molecule has 10 nitrogen and oxygen atoms in total. The van der Waals surface area contributed by atoms with Crippen molar-refractivity contribution in [3.05, 3.63) is 35.9 Å². The van der Waals surface area contributed by atoms with Gasteiger partial charge in [0.05, 0.1) is 30.1 Å². The zero-order valence-electron chi connectivity index (χ0n) is 17.7. The summed E-state index contributed by atoms with van der Waals surface area (Å²) < 4.78 is 34.8. The molecule has 0 saturated carbocycles. The summed E-state index contributed by atoms with van der Waals surface area (Å²) in [6.45, 7) is 0.956. The Morgan fingerprint density at radius 3 is 2.50 bits per heavy atom. The lowest BCUT2D eigenvalue weighted by Crippen LogP contribution is -2.45. The number of rotatable bonds is 6. The number of nitrogens with zero attached hydrogens (tertiary/aromatic N) is 1. The van der Waals surface area contributed by atoms with E-state index >= 15 is 0 Å². The number of benzene rings is 1. The van der Waals surface area contributed by atoms with Gasteiger partial charge in [-0.1, -0.05) is 30.3 Å². The predicted octanol–water partition coefficient (Wildman–Crippen LogP) is -0.581. The Balaban J connectivity index is 1.18.